The van der Waals surface area contributed by atoms with Gasteiger partial charge in [-0.15, -0.1) is 0 Å². The SMILES string of the molecule is O=C1CNCC(=O)N1c1cccc(Br)c1. The van der Waals surface area contributed by atoms with Crippen molar-refractivity contribution >= 4 is 33.4 Å². The Hall–Kier alpha value is -1.20. The minimum Gasteiger partial charge on any atom is -0.300 e. The summed E-state index contributed by atoms with van der Waals surface area (Å²) in [5.41, 5.74) is 0.612. The first-order valence-corrected chi connectivity index (χ1v) is 5.30. The first-order chi connectivity index (χ1) is 7.18. The lowest BCUT2D eigenvalue weighted by Crippen LogP contribution is -2.52. The zero-order valence-corrected chi connectivity index (χ0v) is 9.45. The second-order valence-electron chi connectivity index (χ2n) is 3.21. The highest BCUT2D eigenvalue weighted by Crippen LogP contribution is 2.20. The molecule has 5 heteroatoms. The lowest BCUT2D eigenvalue weighted by Gasteiger charge is -2.25. The van der Waals surface area contributed by atoms with Crippen molar-refractivity contribution in [2.24, 2.45) is 0 Å². The average molecular weight is 269 g/mol. The molecule has 1 saturated heterocycles. The van der Waals surface area contributed by atoms with Crippen LogP contribution in [0.4, 0.5) is 5.69 Å². The number of nitrogens with zero attached hydrogens (tertiary/aromatic N) is 1. The van der Waals surface area contributed by atoms with Crippen molar-refractivity contribution in [2.45, 2.75) is 0 Å². The lowest BCUT2D eigenvalue weighted by molar-refractivity contribution is -0.127. The summed E-state index contributed by atoms with van der Waals surface area (Å²) in [6, 6.07) is 7.13. The van der Waals surface area contributed by atoms with E-state index in [1.165, 1.54) is 4.90 Å². The Balaban J connectivity index is 2.35. The molecule has 0 aromatic heterocycles. The van der Waals surface area contributed by atoms with Crippen molar-refractivity contribution in [3.8, 4) is 0 Å². The Kier molecular flexibility index (Phi) is 2.83. The van der Waals surface area contributed by atoms with Crippen LogP contribution in [0, 0.1) is 0 Å². The molecule has 1 fully saturated rings. The van der Waals surface area contributed by atoms with Crippen molar-refractivity contribution in [3.05, 3.63) is 28.7 Å². The molecule has 0 spiro atoms. The zero-order valence-electron chi connectivity index (χ0n) is 7.87. The van der Waals surface area contributed by atoms with E-state index in [2.05, 4.69) is 21.2 Å². The summed E-state index contributed by atoms with van der Waals surface area (Å²) in [4.78, 5) is 24.3. The average Bonchev–Trinajstić information content (AvgIpc) is 2.17. The molecule has 4 nitrogen and oxygen atoms in total. The summed E-state index contributed by atoms with van der Waals surface area (Å²) in [5.74, 6) is -0.436. The monoisotopic (exact) mass is 268 g/mol. The smallest absolute Gasteiger partial charge is 0.247 e. The third-order valence-electron chi connectivity index (χ3n) is 2.12. The van der Waals surface area contributed by atoms with E-state index in [0.29, 0.717) is 5.69 Å². The predicted molar refractivity (Wildman–Crippen MR) is 59.5 cm³/mol. The maximum atomic E-state index is 11.5. The number of carbonyl (C=O) groups excluding carboxylic acids is 2. The van der Waals surface area contributed by atoms with Crippen molar-refractivity contribution in [3.63, 3.8) is 0 Å². The maximum Gasteiger partial charge on any atom is 0.247 e. The third-order valence-corrected chi connectivity index (χ3v) is 2.61. The summed E-state index contributed by atoms with van der Waals surface area (Å²) in [6.45, 7) is 0.413. The molecule has 2 rings (SSSR count). The van der Waals surface area contributed by atoms with Gasteiger partial charge >= 0.3 is 0 Å². The van der Waals surface area contributed by atoms with Crippen LogP contribution in [0.3, 0.4) is 0 Å². The summed E-state index contributed by atoms with van der Waals surface area (Å²) >= 11 is 3.30. The molecule has 78 valence electrons. The van der Waals surface area contributed by atoms with Gasteiger partial charge in [0, 0.05) is 4.47 Å². The Labute approximate surface area is 95.4 Å². The number of benzene rings is 1. The molecule has 0 bridgehead atoms. The predicted octanol–water partition coefficient (Wildman–Crippen LogP) is 0.912. The Morgan fingerprint density at radius 3 is 2.47 bits per heavy atom. The third kappa shape index (κ3) is 2.08. The second-order valence-corrected chi connectivity index (χ2v) is 4.12. The molecule has 1 aliphatic heterocycles. The number of hydrogen-bond acceptors (Lipinski definition) is 3. The van der Waals surface area contributed by atoms with E-state index in [4.69, 9.17) is 0 Å². The molecule has 1 aromatic rings. The van der Waals surface area contributed by atoms with Gasteiger partial charge in [-0.1, -0.05) is 22.0 Å². The van der Waals surface area contributed by atoms with Gasteiger partial charge in [0.2, 0.25) is 11.8 Å². The first kappa shape index (κ1) is 10.3. The van der Waals surface area contributed by atoms with Gasteiger partial charge in [0.15, 0.2) is 0 Å². The fourth-order valence-electron chi connectivity index (χ4n) is 1.48. The highest BCUT2D eigenvalue weighted by atomic mass is 79.9. The van der Waals surface area contributed by atoms with E-state index in [1.807, 2.05) is 6.07 Å². The normalized spacial score (nSPS) is 17.0. The quantitative estimate of drug-likeness (QED) is 0.771. The summed E-state index contributed by atoms with van der Waals surface area (Å²) in [7, 11) is 0. The van der Waals surface area contributed by atoms with Gasteiger partial charge in [-0.2, -0.15) is 0 Å². The van der Waals surface area contributed by atoms with Crippen LogP contribution in [0.15, 0.2) is 28.7 Å². The Bertz CT molecular complexity index is 404. The molecule has 0 unspecified atom stereocenters. The number of anilines is 1. The number of piperazine rings is 1. The fourth-order valence-corrected chi connectivity index (χ4v) is 1.86. The van der Waals surface area contributed by atoms with Gasteiger partial charge in [-0.3, -0.25) is 14.9 Å². The number of carbonyl (C=O) groups is 2. The van der Waals surface area contributed by atoms with E-state index in [9.17, 15) is 9.59 Å². The van der Waals surface area contributed by atoms with Gasteiger partial charge in [-0.25, -0.2) is 4.90 Å². The van der Waals surface area contributed by atoms with Crippen molar-refractivity contribution in [1.29, 1.82) is 0 Å². The van der Waals surface area contributed by atoms with Gasteiger partial charge in [0.1, 0.15) is 0 Å². The van der Waals surface area contributed by atoms with Crippen LogP contribution in [0.5, 0.6) is 0 Å². The molecule has 1 aromatic carbocycles. The van der Waals surface area contributed by atoms with Crippen molar-refractivity contribution in [2.75, 3.05) is 18.0 Å². The summed E-state index contributed by atoms with van der Waals surface area (Å²) in [6.07, 6.45) is 0. The van der Waals surface area contributed by atoms with Crippen LogP contribution in [0.2, 0.25) is 0 Å². The lowest BCUT2D eigenvalue weighted by atomic mass is 10.2. The first-order valence-electron chi connectivity index (χ1n) is 4.50. The van der Waals surface area contributed by atoms with Gasteiger partial charge in [0.05, 0.1) is 18.8 Å². The zero-order chi connectivity index (χ0) is 10.8. The topological polar surface area (TPSA) is 49.4 Å². The van der Waals surface area contributed by atoms with Crippen LogP contribution < -0.4 is 10.2 Å². The highest BCUT2D eigenvalue weighted by molar-refractivity contribution is 9.10. The standard InChI is InChI=1S/C10H9BrN2O2/c11-7-2-1-3-8(4-7)13-9(14)5-12-6-10(13)15/h1-4,12H,5-6H2. The summed E-state index contributed by atoms with van der Waals surface area (Å²) < 4.78 is 0.846. The van der Waals surface area contributed by atoms with Gasteiger partial charge in [0.25, 0.3) is 0 Å². The van der Waals surface area contributed by atoms with Crippen LogP contribution in [-0.4, -0.2) is 24.9 Å². The minimum atomic E-state index is -0.218. The van der Waals surface area contributed by atoms with E-state index in [0.717, 1.165) is 4.47 Å². The number of nitrogens with one attached hydrogen (secondary N) is 1. The molecule has 0 saturated carbocycles. The number of rotatable bonds is 1. The molecular weight excluding hydrogens is 260 g/mol. The highest BCUT2D eigenvalue weighted by Gasteiger charge is 2.26. The number of imide groups is 1. The molecule has 15 heavy (non-hydrogen) atoms. The minimum absolute atomic E-state index is 0.207. The van der Waals surface area contributed by atoms with E-state index in [-0.39, 0.29) is 24.9 Å². The van der Waals surface area contributed by atoms with E-state index >= 15 is 0 Å². The van der Waals surface area contributed by atoms with Crippen LogP contribution in [0.25, 0.3) is 0 Å². The molecule has 0 radical (unpaired) electrons. The number of halogens is 1. The van der Waals surface area contributed by atoms with Gasteiger partial charge < -0.3 is 0 Å². The summed E-state index contributed by atoms with van der Waals surface area (Å²) in [5, 5.41) is 2.75. The van der Waals surface area contributed by atoms with Crippen molar-refractivity contribution < 1.29 is 9.59 Å². The van der Waals surface area contributed by atoms with Crippen LogP contribution >= 0.6 is 15.9 Å². The second kappa shape index (κ2) is 4.12. The Morgan fingerprint density at radius 2 is 1.87 bits per heavy atom. The number of hydrogen-bond donors (Lipinski definition) is 1. The van der Waals surface area contributed by atoms with Crippen LogP contribution in [-0.2, 0) is 9.59 Å². The molecular formula is C10H9BrN2O2. The van der Waals surface area contributed by atoms with Crippen molar-refractivity contribution in [1.82, 2.24) is 5.32 Å². The molecule has 0 aliphatic carbocycles. The van der Waals surface area contributed by atoms with E-state index in [1.54, 1.807) is 18.2 Å². The molecule has 2 amide bonds. The molecule has 1 N–H and O–H groups in total. The maximum absolute atomic E-state index is 11.5. The largest absolute Gasteiger partial charge is 0.300 e. The van der Waals surface area contributed by atoms with Crippen LogP contribution in [0.1, 0.15) is 0 Å². The molecule has 0 atom stereocenters. The van der Waals surface area contributed by atoms with Gasteiger partial charge in [-0.05, 0) is 18.2 Å². The number of amides is 2. The molecule has 1 aliphatic rings. The van der Waals surface area contributed by atoms with E-state index < -0.39 is 0 Å². The fraction of sp³-hybridized carbons (Fsp3) is 0.200. The molecule has 1 heterocycles. The Morgan fingerprint density at radius 1 is 1.20 bits per heavy atom.